The minimum Gasteiger partial charge on any atom is -0.478 e. The molecule has 0 radical (unpaired) electrons. The average Bonchev–Trinajstić information content (AvgIpc) is 2.71. The zero-order valence-electron chi connectivity index (χ0n) is 16.9. The molecule has 1 aromatic carbocycles. The van der Waals surface area contributed by atoms with Gasteiger partial charge in [-0.3, -0.25) is 15.0 Å². The van der Waals surface area contributed by atoms with E-state index < -0.39 is 11.9 Å². The molecule has 1 heterocycles. The number of anilines is 2. The van der Waals surface area contributed by atoms with Crippen LogP contribution in [0.3, 0.4) is 0 Å². The van der Waals surface area contributed by atoms with Crippen LogP contribution in [0.15, 0.2) is 60.8 Å². The van der Waals surface area contributed by atoms with E-state index >= 15 is 0 Å². The minimum absolute atomic E-state index is 0.00616. The van der Waals surface area contributed by atoms with Crippen LogP contribution in [0.2, 0.25) is 0 Å². The van der Waals surface area contributed by atoms with Gasteiger partial charge in [-0.25, -0.2) is 14.6 Å². The first-order valence-electron chi connectivity index (χ1n) is 8.93. The van der Waals surface area contributed by atoms with Crippen LogP contribution in [0.5, 0.6) is 0 Å². The molecule has 1 unspecified atom stereocenters. The van der Waals surface area contributed by atoms with E-state index in [1.165, 1.54) is 6.07 Å². The summed E-state index contributed by atoms with van der Waals surface area (Å²) in [5.74, 6) is -2.15. The Hall–Kier alpha value is -3.79. The maximum Gasteiger partial charge on any atom is 0.328 e. The number of aromatic nitrogens is 1. The number of nitro groups is 1. The molecule has 0 fully saturated rings. The smallest absolute Gasteiger partial charge is 0.328 e. The van der Waals surface area contributed by atoms with E-state index in [2.05, 4.69) is 11.9 Å². The lowest BCUT2D eigenvalue weighted by Gasteiger charge is -2.36. The highest BCUT2D eigenvalue weighted by Crippen LogP contribution is 2.34. The molecule has 0 aliphatic heterocycles. The third-order valence-corrected chi connectivity index (χ3v) is 3.85. The SMILES string of the molecule is CCC(N(C)C)N(c1ccccc1)c1ncccc1[N+](=O)[O-].O=C(O)/C=C/C(=O)O. The fraction of sp³-hybridized carbons (Fsp3) is 0.250. The van der Waals surface area contributed by atoms with E-state index in [0.717, 1.165) is 12.1 Å². The average molecular weight is 416 g/mol. The van der Waals surface area contributed by atoms with Crippen molar-refractivity contribution < 1.29 is 24.7 Å². The Kier molecular flexibility index (Phi) is 9.63. The molecule has 1 aromatic heterocycles. The molecule has 0 saturated carbocycles. The van der Waals surface area contributed by atoms with Crippen molar-refractivity contribution >= 4 is 29.1 Å². The van der Waals surface area contributed by atoms with Gasteiger partial charge >= 0.3 is 17.6 Å². The summed E-state index contributed by atoms with van der Waals surface area (Å²) in [5, 5.41) is 27.0. The Morgan fingerprint density at radius 2 is 1.67 bits per heavy atom. The van der Waals surface area contributed by atoms with E-state index in [4.69, 9.17) is 10.2 Å². The van der Waals surface area contributed by atoms with Crippen molar-refractivity contribution in [2.75, 3.05) is 19.0 Å². The highest BCUT2D eigenvalue weighted by Gasteiger charge is 2.28. The van der Waals surface area contributed by atoms with Crippen LogP contribution in [0.25, 0.3) is 0 Å². The van der Waals surface area contributed by atoms with Crippen LogP contribution in [-0.4, -0.2) is 57.2 Å². The molecule has 2 N–H and O–H groups in total. The number of aliphatic carboxylic acids is 2. The maximum absolute atomic E-state index is 11.4. The van der Waals surface area contributed by atoms with Gasteiger partial charge in [0.05, 0.1) is 11.1 Å². The Labute approximate surface area is 173 Å². The minimum atomic E-state index is -1.26. The topological polar surface area (TPSA) is 137 Å². The van der Waals surface area contributed by atoms with E-state index in [0.29, 0.717) is 18.0 Å². The second-order valence-corrected chi connectivity index (χ2v) is 6.17. The van der Waals surface area contributed by atoms with Gasteiger partial charge in [0.2, 0.25) is 5.82 Å². The summed E-state index contributed by atoms with van der Waals surface area (Å²) in [4.78, 5) is 38.3. The Morgan fingerprint density at radius 3 is 2.10 bits per heavy atom. The van der Waals surface area contributed by atoms with E-state index in [1.807, 2.05) is 54.2 Å². The van der Waals surface area contributed by atoms with Gasteiger partial charge in [0.15, 0.2) is 0 Å². The summed E-state index contributed by atoms with van der Waals surface area (Å²) >= 11 is 0. The second kappa shape index (κ2) is 11.9. The molecule has 0 saturated heterocycles. The highest BCUT2D eigenvalue weighted by atomic mass is 16.6. The van der Waals surface area contributed by atoms with Gasteiger partial charge < -0.3 is 15.1 Å². The largest absolute Gasteiger partial charge is 0.478 e. The normalized spacial score (nSPS) is 11.5. The van der Waals surface area contributed by atoms with Crippen molar-refractivity contribution in [3.8, 4) is 0 Å². The molecule has 160 valence electrons. The van der Waals surface area contributed by atoms with Crippen molar-refractivity contribution in [1.29, 1.82) is 0 Å². The summed E-state index contributed by atoms with van der Waals surface area (Å²) in [7, 11) is 3.91. The molecule has 1 atom stereocenters. The number of hydrogen-bond acceptors (Lipinski definition) is 7. The number of para-hydroxylation sites is 1. The number of carboxylic acid groups (broad SMARTS) is 2. The maximum atomic E-state index is 11.4. The molecule has 0 amide bonds. The molecule has 30 heavy (non-hydrogen) atoms. The van der Waals surface area contributed by atoms with Gasteiger partial charge in [0.25, 0.3) is 0 Å². The number of pyridine rings is 1. The monoisotopic (exact) mass is 416 g/mol. The van der Waals surface area contributed by atoms with Crippen molar-refractivity contribution in [1.82, 2.24) is 9.88 Å². The standard InChI is InChI=1S/C16H20N4O2.C4H4O4/c1-4-15(18(2)3)19(13-9-6-5-7-10-13)16-14(20(21)22)11-8-12-17-16;5-3(6)1-2-4(7)8/h5-12,15H,4H2,1-3H3;1-2H,(H,5,6)(H,7,8)/b;2-1+. The first-order valence-corrected chi connectivity index (χ1v) is 8.93. The van der Waals surface area contributed by atoms with Crippen LogP contribution in [0.1, 0.15) is 13.3 Å². The van der Waals surface area contributed by atoms with E-state index in [1.54, 1.807) is 12.3 Å². The fourth-order valence-corrected chi connectivity index (χ4v) is 2.66. The summed E-state index contributed by atoms with van der Waals surface area (Å²) in [5.41, 5.74) is 0.886. The van der Waals surface area contributed by atoms with Gasteiger partial charge in [-0.2, -0.15) is 0 Å². The molecular formula is C20H24N4O6. The zero-order chi connectivity index (χ0) is 22.7. The molecule has 10 nitrogen and oxygen atoms in total. The summed E-state index contributed by atoms with van der Waals surface area (Å²) in [6.45, 7) is 2.05. The predicted molar refractivity (Wildman–Crippen MR) is 112 cm³/mol. The van der Waals surface area contributed by atoms with Gasteiger partial charge in [-0.15, -0.1) is 0 Å². The lowest BCUT2D eigenvalue weighted by Crippen LogP contribution is -2.42. The van der Waals surface area contributed by atoms with Crippen LogP contribution in [-0.2, 0) is 9.59 Å². The number of benzene rings is 1. The number of hydrogen-bond donors (Lipinski definition) is 2. The third kappa shape index (κ3) is 7.32. The van der Waals surface area contributed by atoms with Crippen molar-refractivity contribution in [2.45, 2.75) is 19.5 Å². The molecule has 0 bridgehead atoms. The fourth-order valence-electron chi connectivity index (χ4n) is 2.66. The number of carbonyl (C=O) groups is 2. The Bertz CT molecular complexity index is 870. The number of rotatable bonds is 8. The van der Waals surface area contributed by atoms with Crippen LogP contribution >= 0.6 is 0 Å². The third-order valence-electron chi connectivity index (χ3n) is 3.85. The van der Waals surface area contributed by atoms with Crippen LogP contribution < -0.4 is 4.90 Å². The van der Waals surface area contributed by atoms with Crippen molar-refractivity contribution in [3.63, 3.8) is 0 Å². The Balaban J connectivity index is 0.000000479. The van der Waals surface area contributed by atoms with E-state index in [9.17, 15) is 19.7 Å². The summed E-state index contributed by atoms with van der Waals surface area (Å²) in [6.07, 6.45) is 3.47. The quantitative estimate of drug-likeness (QED) is 0.288. The van der Waals surface area contributed by atoms with Gasteiger partial charge in [-0.05, 0) is 38.7 Å². The molecular weight excluding hydrogens is 392 g/mol. The molecule has 2 aromatic rings. The number of nitrogens with zero attached hydrogens (tertiary/aromatic N) is 4. The lowest BCUT2D eigenvalue weighted by atomic mass is 10.2. The highest BCUT2D eigenvalue weighted by molar-refractivity contribution is 5.89. The molecule has 0 aliphatic rings. The first kappa shape index (κ1) is 24.2. The van der Waals surface area contributed by atoms with Gasteiger partial charge in [0.1, 0.15) is 0 Å². The van der Waals surface area contributed by atoms with Crippen LogP contribution in [0.4, 0.5) is 17.2 Å². The summed E-state index contributed by atoms with van der Waals surface area (Å²) < 4.78 is 0. The molecule has 2 rings (SSSR count). The van der Waals surface area contributed by atoms with Crippen molar-refractivity contribution in [3.05, 3.63) is 70.9 Å². The molecule has 0 aliphatic carbocycles. The Morgan fingerprint density at radius 1 is 1.10 bits per heavy atom. The second-order valence-electron chi connectivity index (χ2n) is 6.17. The van der Waals surface area contributed by atoms with Crippen molar-refractivity contribution in [2.24, 2.45) is 0 Å². The lowest BCUT2D eigenvalue weighted by molar-refractivity contribution is -0.384. The van der Waals surface area contributed by atoms with Crippen LogP contribution in [0, 0.1) is 10.1 Å². The predicted octanol–water partition coefficient (Wildman–Crippen LogP) is 3.14. The van der Waals surface area contributed by atoms with Gasteiger partial charge in [0, 0.05) is 30.1 Å². The van der Waals surface area contributed by atoms with E-state index in [-0.39, 0.29) is 16.8 Å². The number of carboxylic acids is 2. The summed E-state index contributed by atoms with van der Waals surface area (Å²) in [6, 6.07) is 12.7. The molecule has 0 spiro atoms. The molecule has 10 heteroatoms. The first-order chi connectivity index (χ1) is 14.2. The van der Waals surface area contributed by atoms with Gasteiger partial charge in [-0.1, -0.05) is 25.1 Å². The zero-order valence-corrected chi connectivity index (χ0v) is 16.9.